The lowest BCUT2D eigenvalue weighted by molar-refractivity contribution is -0.114. The van der Waals surface area contributed by atoms with E-state index in [0.717, 1.165) is 0 Å². The largest absolute Gasteiger partial charge is 0.306 e. The Kier molecular flexibility index (Phi) is 14.5. The van der Waals surface area contributed by atoms with E-state index in [1.54, 1.807) is 0 Å². The Balaban J connectivity index is 0. The molecule has 0 spiro atoms. The Morgan fingerprint density at radius 2 is 1.29 bits per heavy atom. The van der Waals surface area contributed by atoms with Gasteiger partial charge in [0.25, 0.3) is 0 Å². The third-order valence-electron chi connectivity index (χ3n) is 1.79. The summed E-state index contributed by atoms with van der Waals surface area (Å²) in [6.45, 7) is 10.1. The van der Waals surface area contributed by atoms with E-state index < -0.39 is 0 Å². The lowest BCUT2D eigenvalue weighted by Gasteiger charge is -2.14. The van der Waals surface area contributed by atoms with Gasteiger partial charge in [0.2, 0.25) is 0 Å². The molecule has 0 aliphatic rings. The average Bonchev–Trinajstić information content (AvgIpc) is 2.10. The molecule has 0 saturated heterocycles. The molecule has 0 amide bonds. The van der Waals surface area contributed by atoms with Crippen molar-refractivity contribution >= 4 is 5.78 Å². The van der Waals surface area contributed by atoms with Gasteiger partial charge in [0.1, 0.15) is 5.78 Å². The summed E-state index contributed by atoms with van der Waals surface area (Å²) in [6.07, 6.45) is 5.33. The van der Waals surface area contributed by atoms with Crippen LogP contribution in [0.3, 0.4) is 0 Å². The van der Waals surface area contributed by atoms with Crippen molar-refractivity contribution in [2.45, 2.75) is 53.4 Å². The van der Waals surface area contributed by atoms with Crippen molar-refractivity contribution in [3.05, 3.63) is 0 Å². The molecule has 2 heteroatoms. The second kappa shape index (κ2) is 12.6. The predicted octanol–water partition coefficient (Wildman–Crippen LogP) is 3.11. The van der Waals surface area contributed by atoms with Gasteiger partial charge in [-0.15, -0.1) is 0 Å². The van der Waals surface area contributed by atoms with E-state index in [4.69, 9.17) is 0 Å². The lowest BCUT2D eigenvalue weighted by atomic mass is 10.3. The predicted molar refractivity (Wildman–Crippen MR) is 63.7 cm³/mol. The minimum atomic E-state index is 0.167. The topological polar surface area (TPSA) is 20.3 Å². The minimum Gasteiger partial charge on any atom is -0.306 e. The van der Waals surface area contributed by atoms with Gasteiger partial charge in [-0.25, -0.2) is 0 Å². The maximum absolute atomic E-state index is 9.44. The van der Waals surface area contributed by atoms with Crippen molar-refractivity contribution in [1.82, 2.24) is 4.90 Å². The molecule has 0 aromatic heterocycles. The molecule has 0 aliphatic carbocycles. The van der Waals surface area contributed by atoms with E-state index in [-0.39, 0.29) is 5.78 Å². The zero-order valence-corrected chi connectivity index (χ0v) is 10.6. The summed E-state index contributed by atoms with van der Waals surface area (Å²) in [6, 6.07) is 0. The average molecular weight is 201 g/mol. The quantitative estimate of drug-likeness (QED) is 0.658. The Morgan fingerprint density at radius 1 is 1.00 bits per heavy atom. The van der Waals surface area contributed by atoms with Gasteiger partial charge in [-0.3, -0.25) is 0 Å². The molecule has 0 atom stereocenters. The molecule has 0 aromatic carbocycles. The Hall–Kier alpha value is -0.370. The first-order valence-corrected chi connectivity index (χ1v) is 5.70. The molecule has 0 aliphatic heterocycles. The second-order valence-electron chi connectivity index (χ2n) is 3.92. The summed E-state index contributed by atoms with van der Waals surface area (Å²) in [5.74, 6) is 0.167. The molecule has 2 nitrogen and oxygen atoms in total. The fourth-order valence-corrected chi connectivity index (χ4v) is 0.968. The second-order valence-corrected chi connectivity index (χ2v) is 3.92. The Bertz CT molecular complexity index is 111. The number of carbonyl (C=O) groups is 1. The molecular formula is C12H27NO. The van der Waals surface area contributed by atoms with Gasteiger partial charge < -0.3 is 9.69 Å². The monoisotopic (exact) mass is 201 g/mol. The molecule has 0 heterocycles. The summed E-state index contributed by atoms with van der Waals surface area (Å²) < 4.78 is 0. The number of hydrogen-bond acceptors (Lipinski definition) is 2. The van der Waals surface area contributed by atoms with Gasteiger partial charge >= 0.3 is 0 Å². The lowest BCUT2D eigenvalue weighted by Crippen LogP contribution is -2.20. The van der Waals surface area contributed by atoms with Crippen molar-refractivity contribution in [3.8, 4) is 0 Å². The zero-order chi connectivity index (χ0) is 11.4. The highest BCUT2D eigenvalue weighted by molar-refractivity contribution is 5.72. The van der Waals surface area contributed by atoms with E-state index in [1.807, 2.05) is 0 Å². The molecule has 0 saturated carbocycles. The van der Waals surface area contributed by atoms with Crippen LogP contribution in [-0.2, 0) is 4.79 Å². The number of ketones is 1. The van der Waals surface area contributed by atoms with Crippen LogP contribution in [-0.4, -0.2) is 30.8 Å². The van der Waals surface area contributed by atoms with E-state index in [0.29, 0.717) is 0 Å². The maximum Gasteiger partial charge on any atom is 0.126 e. The molecule has 0 aromatic rings. The third kappa shape index (κ3) is 22.6. The summed E-state index contributed by atoms with van der Waals surface area (Å²) in [5.41, 5.74) is 0. The molecule has 0 rings (SSSR count). The highest BCUT2D eigenvalue weighted by atomic mass is 16.1. The van der Waals surface area contributed by atoms with Crippen molar-refractivity contribution in [3.63, 3.8) is 0 Å². The van der Waals surface area contributed by atoms with Crippen LogP contribution in [0.25, 0.3) is 0 Å². The SMILES string of the molecule is CC(C)=O.CCCCN(C)CCCC. The number of Topliss-reactive ketones (excluding diaryl/α,β-unsaturated/α-hetero) is 1. The number of nitrogens with zero attached hydrogens (tertiary/aromatic N) is 1. The van der Waals surface area contributed by atoms with E-state index in [9.17, 15) is 4.79 Å². The van der Waals surface area contributed by atoms with E-state index >= 15 is 0 Å². The molecule has 0 N–H and O–H groups in total. The van der Waals surface area contributed by atoms with Gasteiger partial charge in [0.15, 0.2) is 0 Å². The van der Waals surface area contributed by atoms with Crippen LogP contribution in [0.4, 0.5) is 0 Å². The molecule has 0 fully saturated rings. The summed E-state index contributed by atoms with van der Waals surface area (Å²) in [7, 11) is 2.21. The van der Waals surface area contributed by atoms with Crippen LogP contribution in [0.2, 0.25) is 0 Å². The van der Waals surface area contributed by atoms with Gasteiger partial charge in [0, 0.05) is 0 Å². The van der Waals surface area contributed by atoms with Crippen LogP contribution in [0, 0.1) is 0 Å². The van der Waals surface area contributed by atoms with Crippen LogP contribution in [0.1, 0.15) is 53.4 Å². The summed E-state index contributed by atoms with van der Waals surface area (Å²) in [5, 5.41) is 0. The minimum absolute atomic E-state index is 0.167. The van der Waals surface area contributed by atoms with Crippen LogP contribution >= 0.6 is 0 Å². The number of unbranched alkanes of at least 4 members (excludes halogenated alkanes) is 2. The molecule has 86 valence electrons. The molecule has 0 bridgehead atoms. The number of hydrogen-bond donors (Lipinski definition) is 0. The maximum atomic E-state index is 9.44. The van der Waals surface area contributed by atoms with Gasteiger partial charge in [-0.1, -0.05) is 26.7 Å². The zero-order valence-electron chi connectivity index (χ0n) is 10.6. The summed E-state index contributed by atoms with van der Waals surface area (Å²) in [4.78, 5) is 11.9. The smallest absolute Gasteiger partial charge is 0.126 e. The van der Waals surface area contributed by atoms with Gasteiger partial charge in [-0.2, -0.15) is 0 Å². The first kappa shape index (κ1) is 16.1. The Morgan fingerprint density at radius 3 is 1.50 bits per heavy atom. The number of rotatable bonds is 6. The fourth-order valence-electron chi connectivity index (χ4n) is 0.968. The van der Waals surface area contributed by atoms with Crippen molar-refractivity contribution in [1.29, 1.82) is 0 Å². The van der Waals surface area contributed by atoms with Crippen LogP contribution < -0.4 is 0 Å². The van der Waals surface area contributed by atoms with Crippen molar-refractivity contribution in [2.75, 3.05) is 20.1 Å². The van der Waals surface area contributed by atoms with Crippen molar-refractivity contribution in [2.24, 2.45) is 0 Å². The molecule has 14 heavy (non-hydrogen) atoms. The molecule has 0 unspecified atom stereocenters. The summed E-state index contributed by atoms with van der Waals surface area (Å²) >= 11 is 0. The highest BCUT2D eigenvalue weighted by Crippen LogP contribution is 1.94. The van der Waals surface area contributed by atoms with E-state index in [2.05, 4.69) is 25.8 Å². The van der Waals surface area contributed by atoms with Crippen molar-refractivity contribution < 1.29 is 4.79 Å². The molecular weight excluding hydrogens is 174 g/mol. The number of carbonyl (C=O) groups excluding carboxylic acids is 1. The third-order valence-corrected chi connectivity index (χ3v) is 1.79. The fraction of sp³-hybridized carbons (Fsp3) is 0.917. The normalized spacial score (nSPS) is 9.57. The Labute approximate surface area is 89.7 Å². The standard InChI is InChI=1S/C9H21N.C3H6O/c1-4-6-8-10(3)9-7-5-2;1-3(2)4/h4-9H2,1-3H3;1-2H3. The van der Waals surface area contributed by atoms with Gasteiger partial charge in [0.05, 0.1) is 0 Å². The van der Waals surface area contributed by atoms with Crippen LogP contribution in [0.5, 0.6) is 0 Å². The highest BCUT2D eigenvalue weighted by Gasteiger charge is 1.94. The molecule has 0 radical (unpaired) electrons. The first-order valence-electron chi connectivity index (χ1n) is 5.70. The van der Waals surface area contributed by atoms with Gasteiger partial charge in [-0.05, 0) is 46.8 Å². The first-order chi connectivity index (χ1) is 6.54. The van der Waals surface area contributed by atoms with Crippen LogP contribution in [0.15, 0.2) is 0 Å². The van der Waals surface area contributed by atoms with E-state index in [1.165, 1.54) is 52.6 Å².